The minimum Gasteiger partial charge on any atom is -0.547 e. The van der Waals surface area contributed by atoms with Crippen molar-refractivity contribution in [1.82, 2.24) is 0 Å². The molecule has 0 radical (unpaired) electrons. The molecule has 6 N–H and O–H groups in total. The Hall–Kier alpha value is -0.0403. The number of hydrogen-bond acceptors (Lipinski definition) is 10. The average Bonchev–Trinajstić information content (AvgIpc) is 2.35. The standard InChI is InChI=1S/C6H12O7.C3H6O3.Ca/c7-1-2(8)3(9)4(10)5(11)6(12)13;1-2(4)3(5)6;/h2-5,7-11H,1H2,(H,12,13);2,4H,1H3,(H,5,6);/q;;+2/p-2/t2-,3-,4+,5-;;/m1../s1. The molecule has 11 heteroatoms. The van der Waals surface area contributed by atoms with Gasteiger partial charge in [0.1, 0.15) is 24.4 Å². The molecule has 0 amide bonds. The quantitative estimate of drug-likeness (QED) is 0.255. The molecular formula is C9H16CaO10. The van der Waals surface area contributed by atoms with Gasteiger partial charge in [-0.05, 0) is 6.92 Å². The van der Waals surface area contributed by atoms with Crippen LogP contribution in [0.15, 0.2) is 0 Å². The Morgan fingerprint density at radius 3 is 1.50 bits per heavy atom. The first-order chi connectivity index (χ1) is 8.56. The summed E-state index contributed by atoms with van der Waals surface area (Å²) in [5.74, 6) is -3.41. The summed E-state index contributed by atoms with van der Waals surface area (Å²) in [4.78, 5) is 19.3. The third-order valence-electron chi connectivity index (χ3n) is 1.84. The molecular weight excluding hydrogens is 308 g/mol. The zero-order valence-corrected chi connectivity index (χ0v) is 12.8. The first-order valence-corrected chi connectivity index (χ1v) is 4.99. The predicted molar refractivity (Wildman–Crippen MR) is 58.6 cm³/mol. The fourth-order valence-electron chi connectivity index (χ4n) is 0.662. The van der Waals surface area contributed by atoms with E-state index < -0.39 is 49.1 Å². The predicted octanol–water partition coefficient (Wildman–Crippen LogP) is -7.09. The van der Waals surface area contributed by atoms with Gasteiger partial charge in [0.25, 0.3) is 0 Å². The van der Waals surface area contributed by atoms with Crippen LogP contribution in [0.3, 0.4) is 0 Å². The van der Waals surface area contributed by atoms with Crippen LogP contribution >= 0.6 is 0 Å². The summed E-state index contributed by atoms with van der Waals surface area (Å²) >= 11 is 0. The number of aliphatic hydroxyl groups is 6. The Bertz CT molecular complexity index is 284. The van der Waals surface area contributed by atoms with E-state index in [-0.39, 0.29) is 37.7 Å². The molecule has 20 heavy (non-hydrogen) atoms. The summed E-state index contributed by atoms with van der Waals surface area (Å²) in [6.07, 6.45) is -9.42. The van der Waals surface area contributed by atoms with Crippen molar-refractivity contribution >= 4 is 49.7 Å². The molecule has 1 unspecified atom stereocenters. The summed E-state index contributed by atoms with van der Waals surface area (Å²) in [5, 5.41) is 70.7. The van der Waals surface area contributed by atoms with Crippen LogP contribution in [-0.2, 0) is 9.59 Å². The first-order valence-electron chi connectivity index (χ1n) is 4.99. The van der Waals surface area contributed by atoms with Crippen LogP contribution in [-0.4, -0.2) is 117 Å². The average molecular weight is 324 g/mol. The zero-order chi connectivity index (χ0) is 15.7. The Labute approximate surface area is 143 Å². The van der Waals surface area contributed by atoms with Crippen LogP contribution in [0.4, 0.5) is 0 Å². The maximum atomic E-state index is 9.98. The van der Waals surface area contributed by atoms with E-state index in [4.69, 9.17) is 30.6 Å². The van der Waals surface area contributed by atoms with E-state index in [0.29, 0.717) is 0 Å². The Kier molecular flexibility index (Phi) is 15.8. The molecule has 114 valence electrons. The van der Waals surface area contributed by atoms with Gasteiger partial charge in [0.05, 0.1) is 24.6 Å². The van der Waals surface area contributed by atoms with Crippen LogP contribution in [0.25, 0.3) is 0 Å². The van der Waals surface area contributed by atoms with Crippen LogP contribution in [0.5, 0.6) is 0 Å². The van der Waals surface area contributed by atoms with Gasteiger partial charge in [-0.2, -0.15) is 0 Å². The van der Waals surface area contributed by atoms with Gasteiger partial charge in [-0.3, -0.25) is 0 Å². The minimum absolute atomic E-state index is 0. The number of carboxylic acids is 2. The van der Waals surface area contributed by atoms with Crippen molar-refractivity contribution in [3.8, 4) is 0 Å². The van der Waals surface area contributed by atoms with E-state index in [1.807, 2.05) is 0 Å². The molecule has 0 aliphatic carbocycles. The monoisotopic (exact) mass is 324 g/mol. The molecule has 0 heterocycles. The summed E-state index contributed by atoms with van der Waals surface area (Å²) in [5.41, 5.74) is 0. The van der Waals surface area contributed by atoms with Crippen molar-refractivity contribution in [3.05, 3.63) is 0 Å². The van der Waals surface area contributed by atoms with Gasteiger partial charge in [-0.1, -0.05) is 0 Å². The number of aliphatic hydroxyl groups excluding tert-OH is 6. The van der Waals surface area contributed by atoms with Gasteiger partial charge in [-0.25, -0.2) is 0 Å². The fraction of sp³-hybridized carbons (Fsp3) is 0.778. The number of carboxylic acid groups (broad SMARTS) is 2. The first kappa shape index (κ1) is 24.9. The van der Waals surface area contributed by atoms with E-state index in [2.05, 4.69) is 0 Å². The molecule has 0 saturated carbocycles. The molecule has 0 aromatic heterocycles. The largest absolute Gasteiger partial charge is 2.00 e. The Morgan fingerprint density at radius 1 is 0.950 bits per heavy atom. The second kappa shape index (κ2) is 12.7. The van der Waals surface area contributed by atoms with E-state index in [1.54, 1.807) is 0 Å². The second-order valence-electron chi connectivity index (χ2n) is 3.49. The van der Waals surface area contributed by atoms with Crippen molar-refractivity contribution < 1.29 is 50.4 Å². The van der Waals surface area contributed by atoms with E-state index in [1.165, 1.54) is 0 Å². The van der Waals surface area contributed by atoms with Gasteiger partial charge < -0.3 is 50.4 Å². The Balaban J connectivity index is -0.000000352. The van der Waals surface area contributed by atoms with Crippen molar-refractivity contribution in [3.63, 3.8) is 0 Å². The van der Waals surface area contributed by atoms with E-state index in [0.717, 1.165) is 6.92 Å². The molecule has 0 fully saturated rings. The Morgan fingerprint density at radius 2 is 1.30 bits per heavy atom. The van der Waals surface area contributed by atoms with Crippen LogP contribution in [0, 0.1) is 0 Å². The normalized spacial score (nSPS) is 17.4. The molecule has 0 spiro atoms. The number of carbonyl (C=O) groups is 2. The summed E-state index contributed by atoms with van der Waals surface area (Å²) < 4.78 is 0. The molecule has 0 saturated heterocycles. The van der Waals surface area contributed by atoms with E-state index in [9.17, 15) is 19.8 Å². The third kappa shape index (κ3) is 10.7. The van der Waals surface area contributed by atoms with Crippen molar-refractivity contribution in [2.75, 3.05) is 6.61 Å². The fourth-order valence-corrected chi connectivity index (χ4v) is 0.662. The van der Waals surface area contributed by atoms with Gasteiger partial charge in [0, 0.05) is 0 Å². The van der Waals surface area contributed by atoms with Crippen molar-refractivity contribution in [2.45, 2.75) is 37.4 Å². The number of hydrogen-bond donors (Lipinski definition) is 6. The molecule has 0 aromatic carbocycles. The molecule has 0 rings (SSSR count). The third-order valence-corrected chi connectivity index (χ3v) is 1.84. The van der Waals surface area contributed by atoms with Crippen LogP contribution in [0.2, 0.25) is 0 Å². The number of rotatable bonds is 6. The van der Waals surface area contributed by atoms with Gasteiger partial charge in [0.2, 0.25) is 0 Å². The number of carbonyl (C=O) groups excluding carboxylic acids is 2. The maximum Gasteiger partial charge on any atom is 2.00 e. The van der Waals surface area contributed by atoms with Crippen LogP contribution < -0.4 is 10.2 Å². The minimum atomic E-state index is -2.31. The molecule has 0 aromatic rings. The number of aliphatic carboxylic acids is 2. The maximum absolute atomic E-state index is 9.98. The topological polar surface area (TPSA) is 202 Å². The molecule has 5 atom stereocenters. The van der Waals surface area contributed by atoms with Gasteiger partial charge in [-0.15, -0.1) is 0 Å². The summed E-state index contributed by atoms with van der Waals surface area (Å²) in [6, 6.07) is 0. The van der Waals surface area contributed by atoms with Crippen molar-refractivity contribution in [1.29, 1.82) is 0 Å². The zero-order valence-electron chi connectivity index (χ0n) is 10.6. The molecule has 0 aliphatic heterocycles. The SMILES string of the molecule is CC(O)C(=O)[O-].O=C([O-])[C@H](O)[C@@H](O)[C@H](O)[C@H](O)CO.[Ca+2]. The summed E-state index contributed by atoms with van der Waals surface area (Å²) in [7, 11) is 0. The van der Waals surface area contributed by atoms with Crippen LogP contribution in [0.1, 0.15) is 6.92 Å². The van der Waals surface area contributed by atoms with Crippen molar-refractivity contribution in [2.24, 2.45) is 0 Å². The second-order valence-corrected chi connectivity index (χ2v) is 3.49. The summed E-state index contributed by atoms with van der Waals surface area (Å²) in [6.45, 7) is 0.271. The smallest absolute Gasteiger partial charge is 0.547 e. The molecule has 0 bridgehead atoms. The molecule has 0 aliphatic rings. The van der Waals surface area contributed by atoms with Gasteiger partial charge >= 0.3 is 37.7 Å². The van der Waals surface area contributed by atoms with E-state index >= 15 is 0 Å². The van der Waals surface area contributed by atoms with Gasteiger partial charge in [0.15, 0.2) is 0 Å². The molecule has 10 nitrogen and oxygen atoms in total.